The molecule has 0 unspecified atom stereocenters. The summed E-state index contributed by atoms with van der Waals surface area (Å²) < 4.78 is 10.3. The van der Waals surface area contributed by atoms with Crippen molar-refractivity contribution >= 4 is 17.7 Å². The Morgan fingerprint density at radius 2 is 2.00 bits per heavy atom. The van der Waals surface area contributed by atoms with Crippen LogP contribution in [0.25, 0.3) is 0 Å². The highest BCUT2D eigenvalue weighted by Gasteiger charge is 2.62. The van der Waals surface area contributed by atoms with Gasteiger partial charge >= 0.3 is 11.9 Å². The van der Waals surface area contributed by atoms with Crippen LogP contribution in [0, 0.1) is 17.3 Å². The summed E-state index contributed by atoms with van der Waals surface area (Å²) in [6.45, 7) is 11.1. The summed E-state index contributed by atoms with van der Waals surface area (Å²) in [6.07, 6.45) is 3.68. The van der Waals surface area contributed by atoms with Crippen LogP contribution in [0.5, 0.6) is 0 Å². The predicted molar refractivity (Wildman–Crippen MR) is 93.6 cm³/mol. The lowest BCUT2D eigenvalue weighted by Crippen LogP contribution is -2.20. The SMILES string of the molecule is C=CCC1=C(C)[C@H](OC(=O)[C@H]2[C@H](/C=C(\C)C(=O)OC)C2(C)C)CC1=O. The van der Waals surface area contributed by atoms with E-state index in [1.807, 2.05) is 20.8 Å². The van der Waals surface area contributed by atoms with E-state index in [0.717, 1.165) is 5.57 Å². The van der Waals surface area contributed by atoms with Gasteiger partial charge in [-0.25, -0.2) is 4.79 Å². The minimum absolute atomic E-state index is 0.0169. The Morgan fingerprint density at radius 3 is 2.56 bits per heavy atom. The maximum Gasteiger partial charge on any atom is 0.333 e. The van der Waals surface area contributed by atoms with Gasteiger partial charge in [-0.3, -0.25) is 9.59 Å². The quantitative estimate of drug-likeness (QED) is 0.420. The first-order chi connectivity index (χ1) is 11.6. The van der Waals surface area contributed by atoms with Gasteiger partial charge in [0, 0.05) is 11.1 Å². The number of ketones is 1. The molecule has 0 aromatic carbocycles. The van der Waals surface area contributed by atoms with Gasteiger partial charge < -0.3 is 9.47 Å². The van der Waals surface area contributed by atoms with E-state index < -0.39 is 12.1 Å². The van der Waals surface area contributed by atoms with E-state index in [0.29, 0.717) is 17.6 Å². The number of hydrogen-bond acceptors (Lipinski definition) is 5. The second-order valence-corrected chi connectivity index (χ2v) is 7.37. The molecule has 0 aliphatic heterocycles. The summed E-state index contributed by atoms with van der Waals surface area (Å²) in [5.41, 5.74) is 1.71. The zero-order valence-corrected chi connectivity index (χ0v) is 15.5. The second kappa shape index (κ2) is 6.98. The minimum atomic E-state index is -0.488. The van der Waals surface area contributed by atoms with Crippen molar-refractivity contribution in [1.29, 1.82) is 0 Å². The molecule has 2 aliphatic carbocycles. The molecule has 5 nitrogen and oxygen atoms in total. The van der Waals surface area contributed by atoms with Crippen molar-refractivity contribution in [3.8, 4) is 0 Å². The standard InChI is InChI=1S/C20H26O5/c1-7-8-13-12(3)16(10-15(13)21)25-19(23)17-14(20(17,4)5)9-11(2)18(22)24-6/h7,9,14,16-17H,1,8,10H2,2-6H3/b11-9+/t14-,16+,17+/m0/s1. The molecule has 0 spiro atoms. The van der Waals surface area contributed by atoms with Crippen LogP contribution < -0.4 is 0 Å². The molecule has 0 N–H and O–H groups in total. The predicted octanol–water partition coefficient (Wildman–Crippen LogP) is 3.16. The van der Waals surface area contributed by atoms with E-state index in [9.17, 15) is 14.4 Å². The number of ether oxygens (including phenoxy) is 2. The van der Waals surface area contributed by atoms with E-state index in [4.69, 9.17) is 9.47 Å². The van der Waals surface area contributed by atoms with E-state index in [1.54, 1.807) is 19.1 Å². The highest BCUT2D eigenvalue weighted by atomic mass is 16.5. The van der Waals surface area contributed by atoms with Gasteiger partial charge in [-0.15, -0.1) is 6.58 Å². The fourth-order valence-corrected chi connectivity index (χ4v) is 3.56. The van der Waals surface area contributed by atoms with Crippen LogP contribution in [0.4, 0.5) is 0 Å². The molecule has 0 amide bonds. The van der Waals surface area contributed by atoms with Gasteiger partial charge in [-0.05, 0) is 37.2 Å². The van der Waals surface area contributed by atoms with Gasteiger partial charge in [0.05, 0.1) is 19.4 Å². The molecule has 5 heteroatoms. The van der Waals surface area contributed by atoms with Crippen molar-refractivity contribution in [3.63, 3.8) is 0 Å². The maximum absolute atomic E-state index is 12.6. The van der Waals surface area contributed by atoms with Crippen molar-refractivity contribution in [2.45, 2.75) is 46.6 Å². The topological polar surface area (TPSA) is 69.7 Å². The van der Waals surface area contributed by atoms with Crippen molar-refractivity contribution in [2.75, 3.05) is 7.11 Å². The summed E-state index contributed by atoms with van der Waals surface area (Å²) in [7, 11) is 1.33. The van der Waals surface area contributed by atoms with Crippen LogP contribution in [0.3, 0.4) is 0 Å². The van der Waals surface area contributed by atoms with Crippen LogP contribution in [0.2, 0.25) is 0 Å². The Hall–Kier alpha value is -2.17. The highest BCUT2D eigenvalue weighted by Crippen LogP contribution is 2.60. The molecule has 0 saturated heterocycles. The largest absolute Gasteiger partial charge is 0.466 e. The van der Waals surface area contributed by atoms with Gasteiger partial charge in [-0.1, -0.05) is 26.0 Å². The summed E-state index contributed by atoms with van der Waals surface area (Å²) in [6, 6.07) is 0. The number of carbonyl (C=O) groups excluding carboxylic acids is 3. The fourth-order valence-electron chi connectivity index (χ4n) is 3.56. The number of esters is 2. The molecule has 0 aromatic heterocycles. The Labute approximate surface area is 148 Å². The van der Waals surface area contributed by atoms with E-state index in [2.05, 4.69) is 6.58 Å². The normalized spacial score (nSPS) is 28.0. The monoisotopic (exact) mass is 346 g/mol. The van der Waals surface area contributed by atoms with Crippen molar-refractivity contribution < 1.29 is 23.9 Å². The average molecular weight is 346 g/mol. The van der Waals surface area contributed by atoms with Crippen LogP contribution in [-0.2, 0) is 23.9 Å². The molecule has 0 aromatic rings. The number of methoxy groups -OCH3 is 1. The number of hydrogen-bond donors (Lipinski definition) is 0. The number of carbonyl (C=O) groups is 3. The Morgan fingerprint density at radius 1 is 1.36 bits per heavy atom. The first-order valence-electron chi connectivity index (χ1n) is 8.46. The van der Waals surface area contributed by atoms with Gasteiger partial charge in [0.25, 0.3) is 0 Å². The van der Waals surface area contributed by atoms with Crippen LogP contribution in [-0.4, -0.2) is 30.9 Å². The lowest BCUT2D eigenvalue weighted by Gasteiger charge is -2.13. The van der Waals surface area contributed by atoms with Gasteiger partial charge in [0.2, 0.25) is 0 Å². The molecule has 0 bridgehead atoms. The molecule has 2 aliphatic rings. The Bertz CT molecular complexity index is 680. The lowest BCUT2D eigenvalue weighted by molar-refractivity contribution is -0.150. The third-order valence-electron chi connectivity index (χ3n) is 5.37. The van der Waals surface area contributed by atoms with Gasteiger partial charge in [-0.2, -0.15) is 0 Å². The third-order valence-corrected chi connectivity index (χ3v) is 5.37. The molecular weight excluding hydrogens is 320 g/mol. The van der Waals surface area contributed by atoms with Gasteiger partial charge in [0.1, 0.15) is 6.10 Å². The summed E-state index contributed by atoms with van der Waals surface area (Å²) in [5.74, 6) is -1.10. The van der Waals surface area contributed by atoms with Gasteiger partial charge in [0.15, 0.2) is 5.78 Å². The Kier molecular flexibility index (Phi) is 5.35. The van der Waals surface area contributed by atoms with Crippen molar-refractivity contribution in [2.24, 2.45) is 17.3 Å². The van der Waals surface area contributed by atoms with Crippen molar-refractivity contribution in [3.05, 3.63) is 35.5 Å². The molecule has 0 heterocycles. The maximum atomic E-state index is 12.6. The molecule has 0 radical (unpaired) electrons. The molecule has 1 saturated carbocycles. The summed E-state index contributed by atoms with van der Waals surface area (Å²) >= 11 is 0. The zero-order valence-electron chi connectivity index (χ0n) is 15.5. The smallest absolute Gasteiger partial charge is 0.333 e. The lowest BCUT2D eigenvalue weighted by atomic mass is 10.1. The number of rotatable bonds is 6. The van der Waals surface area contributed by atoms with Crippen molar-refractivity contribution in [1.82, 2.24) is 0 Å². The number of Topliss-reactive ketones (excluding diaryl/α,β-unsaturated/α-hetero) is 1. The molecule has 3 atom stereocenters. The molecular formula is C20H26O5. The molecule has 1 fully saturated rings. The van der Waals surface area contributed by atoms with Crippen LogP contribution >= 0.6 is 0 Å². The fraction of sp³-hybridized carbons (Fsp3) is 0.550. The first-order valence-corrected chi connectivity index (χ1v) is 8.46. The second-order valence-electron chi connectivity index (χ2n) is 7.37. The number of allylic oxidation sites excluding steroid dienone is 3. The average Bonchev–Trinajstić information content (AvgIpc) is 2.99. The third kappa shape index (κ3) is 3.60. The molecule has 25 heavy (non-hydrogen) atoms. The Balaban J connectivity index is 2.08. The molecule has 2 rings (SSSR count). The van der Waals surface area contributed by atoms with E-state index in [-0.39, 0.29) is 35.4 Å². The highest BCUT2D eigenvalue weighted by molar-refractivity contribution is 6.00. The summed E-state index contributed by atoms with van der Waals surface area (Å²) in [5, 5.41) is 0. The minimum Gasteiger partial charge on any atom is -0.466 e. The van der Waals surface area contributed by atoms with E-state index in [1.165, 1.54) is 7.11 Å². The van der Waals surface area contributed by atoms with Crippen LogP contribution in [0.15, 0.2) is 35.5 Å². The first kappa shape index (κ1) is 19.2. The zero-order chi connectivity index (χ0) is 18.9. The molecule has 136 valence electrons. The van der Waals surface area contributed by atoms with Crippen LogP contribution in [0.1, 0.15) is 40.5 Å². The summed E-state index contributed by atoms with van der Waals surface area (Å²) in [4.78, 5) is 36.2. The van der Waals surface area contributed by atoms with E-state index >= 15 is 0 Å².